The summed E-state index contributed by atoms with van der Waals surface area (Å²) in [4.78, 5) is 14.3. The van der Waals surface area contributed by atoms with E-state index in [0.717, 1.165) is 18.4 Å². The molecule has 0 aromatic heterocycles. The first-order chi connectivity index (χ1) is 22.6. The molecule has 1 aliphatic rings. The number of benzene rings is 1. The Hall–Kier alpha value is -0.920. The van der Waals surface area contributed by atoms with Gasteiger partial charge in [0.25, 0.3) is 0 Å². The van der Waals surface area contributed by atoms with Gasteiger partial charge in [-0.25, -0.2) is 0 Å². The second kappa shape index (κ2) is 27.0. The second-order valence-corrected chi connectivity index (χ2v) is 20.1. The van der Waals surface area contributed by atoms with Crippen LogP contribution in [-0.4, -0.2) is 47.1 Å². The van der Waals surface area contributed by atoms with Crippen LogP contribution in [0.25, 0.3) is 0 Å². The monoisotopic (exact) mass is 660 g/mol. The predicted molar refractivity (Wildman–Crippen MR) is 207 cm³/mol. The molecule has 0 bridgehead atoms. The summed E-state index contributed by atoms with van der Waals surface area (Å²) in [6.45, 7) is 7.67. The van der Waals surface area contributed by atoms with E-state index in [9.17, 15) is 9.90 Å². The van der Waals surface area contributed by atoms with Crippen molar-refractivity contribution in [2.75, 3.05) is 31.2 Å². The van der Waals surface area contributed by atoms with Gasteiger partial charge in [0.15, 0.2) is 0 Å². The third-order valence-corrected chi connectivity index (χ3v) is 16.7. The first-order valence-corrected chi connectivity index (χ1v) is 23.5. The van der Waals surface area contributed by atoms with Gasteiger partial charge in [0.1, 0.15) is 0 Å². The molecule has 2 rings (SSSR count). The molecule has 3 nitrogen and oxygen atoms in total. The van der Waals surface area contributed by atoms with Crippen LogP contribution in [0.4, 0.5) is 0 Å². The van der Waals surface area contributed by atoms with Crippen molar-refractivity contribution in [2.24, 2.45) is 0 Å². The standard InChI is InChI=1S/C42H78NO2P/c1-4-7-10-13-21-28-35-46(36-29-22-14-11-8-5-2,37-30-23-15-12-9-6-3)38-31-24-19-17-16-18-20-27-34-43-41(44)39-32-25-26-33-40(39)42(43)45/h25-26,32-33,41,44,46H,4-24,27-31,34-38H2,1-3H3. The summed E-state index contributed by atoms with van der Waals surface area (Å²) in [5.74, 6) is -0.00722. The van der Waals surface area contributed by atoms with Crippen molar-refractivity contribution in [3.05, 3.63) is 35.4 Å². The van der Waals surface area contributed by atoms with E-state index in [2.05, 4.69) is 20.8 Å². The van der Waals surface area contributed by atoms with Crippen LogP contribution in [0.3, 0.4) is 0 Å². The SMILES string of the molecule is CCCCCCCC[PH](CCCCCCCC)(CCCCCCCC)CCCCCCCCCCN1C(=O)c2ccccc2C1O. The minimum Gasteiger partial charge on any atom is -0.369 e. The van der Waals surface area contributed by atoms with Gasteiger partial charge in [-0.15, -0.1) is 0 Å². The molecule has 0 saturated heterocycles. The van der Waals surface area contributed by atoms with E-state index in [1.165, 1.54) is 154 Å². The van der Waals surface area contributed by atoms with Crippen LogP contribution in [0.1, 0.15) is 210 Å². The van der Waals surface area contributed by atoms with Crippen LogP contribution in [0, 0.1) is 0 Å². The molecule has 1 aromatic rings. The molecular formula is C42H78NO2P. The molecule has 0 spiro atoms. The van der Waals surface area contributed by atoms with Gasteiger partial charge < -0.3 is 5.11 Å². The zero-order valence-corrected chi connectivity index (χ0v) is 32.1. The molecule has 0 fully saturated rings. The van der Waals surface area contributed by atoms with Gasteiger partial charge in [-0.1, -0.05) is 18.2 Å². The van der Waals surface area contributed by atoms with Crippen molar-refractivity contribution in [3.63, 3.8) is 0 Å². The van der Waals surface area contributed by atoms with Crippen LogP contribution < -0.4 is 0 Å². The third kappa shape index (κ3) is 17.0. The number of rotatable bonds is 32. The molecule has 1 unspecified atom stereocenters. The molecule has 268 valence electrons. The number of carbonyl (C=O) groups excluding carboxylic acids is 1. The molecule has 4 heteroatoms. The number of nitrogens with zero attached hydrogens (tertiary/aromatic N) is 1. The Kier molecular flexibility index (Phi) is 24.2. The summed E-state index contributed by atoms with van der Waals surface area (Å²) in [5.41, 5.74) is 1.44. The van der Waals surface area contributed by atoms with Crippen molar-refractivity contribution in [1.29, 1.82) is 0 Å². The predicted octanol–water partition coefficient (Wildman–Crippen LogP) is 13.1. The summed E-state index contributed by atoms with van der Waals surface area (Å²) in [5, 5.41) is 10.6. The van der Waals surface area contributed by atoms with Gasteiger partial charge in [0, 0.05) is 11.1 Å². The minimum absolute atomic E-state index is 0.00722. The second-order valence-electron chi connectivity index (χ2n) is 15.1. The Balaban J connectivity index is 1.73. The van der Waals surface area contributed by atoms with E-state index in [1.54, 1.807) is 29.5 Å². The molecule has 1 aromatic carbocycles. The van der Waals surface area contributed by atoms with Crippen LogP contribution >= 0.6 is 7.26 Å². The smallest absolute Gasteiger partial charge is 0.369 e. The normalized spacial score (nSPS) is 15.2. The maximum atomic E-state index is 12.6. The molecule has 1 heterocycles. The summed E-state index contributed by atoms with van der Waals surface area (Å²) < 4.78 is 0. The molecule has 1 aliphatic heterocycles. The van der Waals surface area contributed by atoms with Crippen LogP contribution in [0.15, 0.2) is 24.3 Å². The van der Waals surface area contributed by atoms with E-state index in [1.807, 2.05) is 24.3 Å². The molecule has 46 heavy (non-hydrogen) atoms. The number of unbranched alkanes of at least 4 members (excludes halogenated alkanes) is 22. The van der Waals surface area contributed by atoms with Gasteiger partial charge in [0.2, 0.25) is 0 Å². The van der Waals surface area contributed by atoms with Crippen molar-refractivity contribution in [3.8, 4) is 0 Å². The molecule has 0 saturated carbocycles. The zero-order valence-electron chi connectivity index (χ0n) is 31.1. The summed E-state index contributed by atoms with van der Waals surface area (Å²) in [6, 6.07) is 7.51. The number of fused-ring (bicyclic) bond motifs is 1. The first-order valence-electron chi connectivity index (χ1n) is 20.7. The third-order valence-electron chi connectivity index (χ3n) is 11.1. The Morgan fingerprint density at radius 2 is 0.870 bits per heavy atom. The molecule has 0 aliphatic carbocycles. The number of amides is 1. The number of aliphatic hydroxyl groups excluding tert-OH is 1. The van der Waals surface area contributed by atoms with Gasteiger partial charge >= 0.3 is 243 Å². The van der Waals surface area contributed by atoms with Crippen molar-refractivity contribution >= 4 is 13.2 Å². The fourth-order valence-electron chi connectivity index (χ4n) is 8.01. The molecule has 1 N–H and O–H groups in total. The minimum atomic E-state index is -1.19. The van der Waals surface area contributed by atoms with Gasteiger partial charge in [-0.2, -0.15) is 0 Å². The van der Waals surface area contributed by atoms with E-state index in [4.69, 9.17) is 0 Å². The van der Waals surface area contributed by atoms with Crippen LogP contribution in [0.2, 0.25) is 0 Å². The fourth-order valence-corrected chi connectivity index (χ4v) is 13.5. The van der Waals surface area contributed by atoms with E-state index >= 15 is 0 Å². The summed E-state index contributed by atoms with van der Waals surface area (Å²) in [7, 11) is -1.19. The number of carbonyl (C=O) groups is 1. The Morgan fingerprint density at radius 1 is 0.522 bits per heavy atom. The summed E-state index contributed by atoms with van der Waals surface area (Å²) in [6.07, 6.45) is 42.2. The molecular weight excluding hydrogens is 581 g/mol. The first kappa shape index (κ1) is 41.3. The molecule has 1 amide bonds. The van der Waals surface area contributed by atoms with Gasteiger partial charge in [0.05, 0.1) is 0 Å². The molecule has 0 radical (unpaired) electrons. The summed E-state index contributed by atoms with van der Waals surface area (Å²) >= 11 is 0. The Bertz CT molecular complexity index is 832. The van der Waals surface area contributed by atoms with E-state index < -0.39 is 13.5 Å². The van der Waals surface area contributed by atoms with Crippen molar-refractivity contribution < 1.29 is 9.90 Å². The van der Waals surface area contributed by atoms with E-state index in [-0.39, 0.29) is 5.91 Å². The van der Waals surface area contributed by atoms with Crippen molar-refractivity contribution in [1.82, 2.24) is 4.90 Å². The van der Waals surface area contributed by atoms with Crippen molar-refractivity contribution in [2.45, 2.75) is 194 Å². The Morgan fingerprint density at radius 3 is 1.26 bits per heavy atom. The number of hydrogen-bond acceptors (Lipinski definition) is 2. The van der Waals surface area contributed by atoms with Gasteiger partial charge in [-0.3, -0.25) is 4.79 Å². The number of aliphatic hydroxyl groups is 1. The van der Waals surface area contributed by atoms with Crippen LogP contribution in [0.5, 0.6) is 0 Å². The fraction of sp³-hybridized carbons (Fsp3) is 0.833. The zero-order chi connectivity index (χ0) is 33.1. The molecule has 1 atom stereocenters. The topological polar surface area (TPSA) is 40.5 Å². The Labute approximate surface area is 287 Å². The van der Waals surface area contributed by atoms with E-state index in [0.29, 0.717) is 12.1 Å². The van der Waals surface area contributed by atoms with Gasteiger partial charge in [-0.05, 0) is 6.07 Å². The average Bonchev–Trinajstić information content (AvgIpc) is 3.31. The quantitative estimate of drug-likeness (QED) is 0.0617. The maximum absolute atomic E-state index is 12.6. The number of hydrogen-bond donors (Lipinski definition) is 1. The average molecular weight is 660 g/mol. The van der Waals surface area contributed by atoms with Crippen LogP contribution in [-0.2, 0) is 0 Å².